The maximum absolute atomic E-state index is 10.7. The number of carbonyl (C=O) groups is 1. The van der Waals surface area contributed by atoms with Crippen molar-refractivity contribution >= 4 is 17.6 Å². The molecule has 164 valence electrons. The SMILES string of the molecule is C#CC(CCC(=O)O)NCCc1ccc(Nc2ncc(-c3ccc(OC)cc3)cn2)cc1. The first-order chi connectivity index (χ1) is 15.6. The van der Waals surface area contributed by atoms with E-state index in [0.717, 1.165) is 34.5 Å². The van der Waals surface area contributed by atoms with Crippen LogP contribution >= 0.6 is 0 Å². The van der Waals surface area contributed by atoms with Gasteiger partial charge in [-0.3, -0.25) is 4.79 Å². The Morgan fingerprint density at radius 1 is 1.09 bits per heavy atom. The first-order valence-electron chi connectivity index (χ1n) is 10.3. The highest BCUT2D eigenvalue weighted by atomic mass is 16.5. The maximum Gasteiger partial charge on any atom is 0.303 e. The Bertz CT molecular complexity index is 1040. The van der Waals surface area contributed by atoms with Crippen molar-refractivity contribution < 1.29 is 14.6 Å². The molecule has 0 amide bonds. The van der Waals surface area contributed by atoms with Gasteiger partial charge in [-0.05, 0) is 48.2 Å². The lowest BCUT2D eigenvalue weighted by atomic mass is 10.1. The van der Waals surface area contributed by atoms with Gasteiger partial charge in [-0.15, -0.1) is 6.42 Å². The molecule has 0 aliphatic heterocycles. The van der Waals surface area contributed by atoms with Crippen molar-refractivity contribution in [3.8, 4) is 29.2 Å². The molecule has 0 radical (unpaired) electrons. The molecular weight excluding hydrogens is 404 g/mol. The van der Waals surface area contributed by atoms with E-state index in [-0.39, 0.29) is 12.5 Å². The number of methoxy groups -OCH3 is 1. The third-order valence-electron chi connectivity index (χ3n) is 4.94. The Balaban J connectivity index is 1.49. The van der Waals surface area contributed by atoms with Crippen LogP contribution in [0.4, 0.5) is 11.6 Å². The highest BCUT2D eigenvalue weighted by Crippen LogP contribution is 2.22. The summed E-state index contributed by atoms with van der Waals surface area (Å²) >= 11 is 0. The fourth-order valence-electron chi connectivity index (χ4n) is 3.11. The van der Waals surface area contributed by atoms with Crippen LogP contribution in [0.3, 0.4) is 0 Å². The summed E-state index contributed by atoms with van der Waals surface area (Å²) in [5, 5.41) is 15.2. The summed E-state index contributed by atoms with van der Waals surface area (Å²) in [7, 11) is 1.64. The van der Waals surface area contributed by atoms with Gasteiger partial charge >= 0.3 is 5.97 Å². The van der Waals surface area contributed by atoms with Crippen molar-refractivity contribution in [1.29, 1.82) is 0 Å². The minimum absolute atomic E-state index is 0.0609. The van der Waals surface area contributed by atoms with Gasteiger partial charge in [-0.25, -0.2) is 9.97 Å². The highest BCUT2D eigenvalue weighted by molar-refractivity contribution is 5.66. The molecule has 1 heterocycles. The molecule has 0 fully saturated rings. The number of aromatic nitrogens is 2. The molecule has 7 heteroatoms. The first-order valence-corrected chi connectivity index (χ1v) is 10.3. The molecule has 2 aromatic carbocycles. The van der Waals surface area contributed by atoms with Crippen LogP contribution < -0.4 is 15.4 Å². The summed E-state index contributed by atoms with van der Waals surface area (Å²) < 4.78 is 5.18. The molecule has 0 aliphatic rings. The number of hydrogen-bond acceptors (Lipinski definition) is 6. The summed E-state index contributed by atoms with van der Waals surface area (Å²) in [6.45, 7) is 0.678. The van der Waals surface area contributed by atoms with Gasteiger partial charge in [0.2, 0.25) is 5.95 Å². The van der Waals surface area contributed by atoms with Crippen molar-refractivity contribution in [3.63, 3.8) is 0 Å². The van der Waals surface area contributed by atoms with E-state index in [0.29, 0.717) is 18.9 Å². The van der Waals surface area contributed by atoms with E-state index in [2.05, 4.69) is 26.5 Å². The zero-order chi connectivity index (χ0) is 22.8. The topological polar surface area (TPSA) is 96.4 Å². The number of carboxylic acid groups (broad SMARTS) is 1. The number of hydrogen-bond donors (Lipinski definition) is 3. The van der Waals surface area contributed by atoms with E-state index in [1.165, 1.54) is 0 Å². The predicted octanol–water partition coefficient (Wildman–Crippen LogP) is 3.89. The first kappa shape index (κ1) is 22.8. The number of rotatable bonds is 11. The number of anilines is 2. The van der Waals surface area contributed by atoms with E-state index >= 15 is 0 Å². The lowest BCUT2D eigenvalue weighted by Gasteiger charge is -2.12. The zero-order valence-corrected chi connectivity index (χ0v) is 17.9. The van der Waals surface area contributed by atoms with Crippen molar-refractivity contribution in [2.45, 2.75) is 25.3 Å². The lowest BCUT2D eigenvalue weighted by molar-refractivity contribution is -0.137. The monoisotopic (exact) mass is 430 g/mol. The van der Waals surface area contributed by atoms with Crippen LogP contribution in [0, 0.1) is 12.3 Å². The Morgan fingerprint density at radius 3 is 2.38 bits per heavy atom. The number of benzene rings is 2. The third kappa shape index (κ3) is 6.83. The van der Waals surface area contributed by atoms with Gasteiger partial charge < -0.3 is 20.5 Å². The fourth-order valence-corrected chi connectivity index (χ4v) is 3.11. The Kier molecular flexibility index (Phi) is 8.18. The standard InChI is InChI=1S/C25H26N4O3/c1-3-21(10-13-24(30)31)26-15-14-18-4-8-22(9-5-18)29-25-27-16-20(17-28-25)19-6-11-23(32-2)12-7-19/h1,4-9,11-12,16-17,21,26H,10,13-15H2,2H3,(H,30,31)(H,27,28,29). The second kappa shape index (κ2) is 11.5. The number of nitrogens with zero attached hydrogens (tertiary/aromatic N) is 2. The number of nitrogens with one attached hydrogen (secondary N) is 2. The molecule has 0 aliphatic carbocycles. The maximum atomic E-state index is 10.7. The van der Waals surface area contributed by atoms with Gasteiger partial charge in [0.15, 0.2) is 0 Å². The Hall–Kier alpha value is -3.89. The van der Waals surface area contributed by atoms with Gasteiger partial charge in [-0.2, -0.15) is 0 Å². The number of terminal acetylenes is 1. The van der Waals surface area contributed by atoms with E-state index in [1.54, 1.807) is 19.5 Å². The summed E-state index contributed by atoms with van der Waals surface area (Å²) in [6, 6.07) is 15.5. The molecule has 0 spiro atoms. The molecule has 7 nitrogen and oxygen atoms in total. The van der Waals surface area contributed by atoms with Gasteiger partial charge in [0.05, 0.1) is 13.2 Å². The normalized spacial score (nSPS) is 11.4. The molecule has 1 atom stereocenters. The van der Waals surface area contributed by atoms with Gasteiger partial charge in [0.1, 0.15) is 5.75 Å². The molecule has 1 aromatic heterocycles. The second-order valence-electron chi connectivity index (χ2n) is 7.20. The predicted molar refractivity (Wildman–Crippen MR) is 125 cm³/mol. The average Bonchev–Trinajstić information content (AvgIpc) is 2.83. The van der Waals surface area contributed by atoms with Crippen LogP contribution in [-0.4, -0.2) is 40.7 Å². The highest BCUT2D eigenvalue weighted by Gasteiger charge is 2.07. The van der Waals surface area contributed by atoms with E-state index in [1.807, 2.05) is 48.5 Å². The Morgan fingerprint density at radius 2 is 1.78 bits per heavy atom. The molecular formula is C25H26N4O3. The second-order valence-corrected chi connectivity index (χ2v) is 7.20. The summed E-state index contributed by atoms with van der Waals surface area (Å²) in [5.74, 6) is 3.08. The molecule has 1 unspecified atom stereocenters. The van der Waals surface area contributed by atoms with Gasteiger partial charge in [0, 0.05) is 36.6 Å². The molecule has 32 heavy (non-hydrogen) atoms. The van der Waals surface area contributed by atoms with Crippen LogP contribution in [-0.2, 0) is 11.2 Å². The van der Waals surface area contributed by atoms with Crippen LogP contribution in [0.15, 0.2) is 60.9 Å². The summed E-state index contributed by atoms with van der Waals surface area (Å²) in [4.78, 5) is 19.5. The van der Waals surface area contributed by atoms with Crippen molar-refractivity contribution in [3.05, 3.63) is 66.5 Å². The average molecular weight is 431 g/mol. The number of ether oxygens (including phenoxy) is 1. The minimum Gasteiger partial charge on any atom is -0.497 e. The largest absolute Gasteiger partial charge is 0.497 e. The quantitative estimate of drug-likeness (QED) is 0.397. The minimum atomic E-state index is -0.838. The molecule has 3 rings (SSSR count). The van der Waals surface area contributed by atoms with Crippen molar-refractivity contribution in [1.82, 2.24) is 15.3 Å². The van der Waals surface area contributed by atoms with Crippen LogP contribution in [0.2, 0.25) is 0 Å². The molecule has 0 saturated carbocycles. The van der Waals surface area contributed by atoms with E-state index in [4.69, 9.17) is 16.3 Å². The van der Waals surface area contributed by atoms with Gasteiger partial charge in [-0.1, -0.05) is 30.2 Å². The fraction of sp³-hybridized carbons (Fsp3) is 0.240. The lowest BCUT2D eigenvalue weighted by Crippen LogP contribution is -2.30. The molecule has 0 bridgehead atoms. The van der Waals surface area contributed by atoms with Gasteiger partial charge in [0.25, 0.3) is 0 Å². The van der Waals surface area contributed by atoms with Crippen LogP contribution in [0.25, 0.3) is 11.1 Å². The Labute approximate surface area is 187 Å². The van der Waals surface area contributed by atoms with E-state index < -0.39 is 5.97 Å². The molecule has 3 N–H and O–H groups in total. The third-order valence-corrected chi connectivity index (χ3v) is 4.94. The van der Waals surface area contributed by atoms with E-state index in [9.17, 15) is 4.79 Å². The van der Waals surface area contributed by atoms with Crippen LogP contribution in [0.1, 0.15) is 18.4 Å². The van der Waals surface area contributed by atoms with Crippen molar-refractivity contribution in [2.75, 3.05) is 19.0 Å². The zero-order valence-electron chi connectivity index (χ0n) is 17.9. The van der Waals surface area contributed by atoms with Crippen molar-refractivity contribution in [2.24, 2.45) is 0 Å². The molecule has 3 aromatic rings. The summed E-state index contributed by atoms with van der Waals surface area (Å²) in [5.41, 5.74) is 3.98. The molecule has 0 saturated heterocycles. The smallest absolute Gasteiger partial charge is 0.303 e. The number of aliphatic carboxylic acids is 1. The van der Waals surface area contributed by atoms with Crippen LogP contribution in [0.5, 0.6) is 5.75 Å². The summed E-state index contributed by atoms with van der Waals surface area (Å²) in [6.07, 6.45) is 10.3. The number of carboxylic acids is 1.